The van der Waals surface area contributed by atoms with Crippen molar-refractivity contribution in [3.8, 4) is 34.3 Å². The molecule has 0 bridgehead atoms. The van der Waals surface area contributed by atoms with Crippen LogP contribution in [0.15, 0.2) is 42.6 Å². The van der Waals surface area contributed by atoms with Crippen molar-refractivity contribution in [3.05, 3.63) is 47.6 Å². The van der Waals surface area contributed by atoms with Crippen molar-refractivity contribution in [2.24, 2.45) is 0 Å². The van der Waals surface area contributed by atoms with Gasteiger partial charge in [0.1, 0.15) is 0 Å². The number of halogens is 1. The second-order valence-electron chi connectivity index (χ2n) is 5.07. The zero-order valence-corrected chi connectivity index (χ0v) is 12.1. The van der Waals surface area contributed by atoms with Crippen molar-refractivity contribution in [1.29, 1.82) is 0 Å². The third kappa shape index (κ3) is 1.87. The average molecular weight is 314 g/mol. The monoisotopic (exact) mass is 313 g/mol. The van der Waals surface area contributed by atoms with Crippen LogP contribution in [0.4, 0.5) is 0 Å². The van der Waals surface area contributed by atoms with Crippen molar-refractivity contribution in [3.63, 3.8) is 0 Å². The van der Waals surface area contributed by atoms with Crippen LogP contribution in [-0.2, 0) is 0 Å². The fourth-order valence-corrected chi connectivity index (χ4v) is 2.92. The zero-order chi connectivity index (χ0) is 15.3. The quantitative estimate of drug-likeness (QED) is 0.383. The molecule has 0 amide bonds. The van der Waals surface area contributed by atoms with Crippen LogP contribution in [0.3, 0.4) is 0 Å². The molecule has 0 fully saturated rings. The zero-order valence-electron chi connectivity index (χ0n) is 11.3. The Bertz CT molecular complexity index is 967. The van der Waals surface area contributed by atoms with Gasteiger partial charge in [-0.25, -0.2) is 0 Å². The minimum atomic E-state index is -0.0960. The van der Waals surface area contributed by atoms with Crippen LogP contribution in [0, 0.1) is 0 Å². The van der Waals surface area contributed by atoms with E-state index in [2.05, 4.69) is 15.0 Å². The van der Waals surface area contributed by atoms with E-state index in [9.17, 15) is 10.2 Å². The number of fused-ring (bicyclic) bond motifs is 1. The molecule has 6 heteroatoms. The molecule has 3 heterocycles. The Morgan fingerprint density at radius 3 is 2.55 bits per heavy atom. The van der Waals surface area contributed by atoms with Crippen LogP contribution < -0.4 is 0 Å². The summed E-state index contributed by atoms with van der Waals surface area (Å²) in [6, 6.07) is 10.8. The van der Waals surface area contributed by atoms with Crippen LogP contribution in [0.5, 0.6) is 11.8 Å². The van der Waals surface area contributed by atoms with Gasteiger partial charge < -0.3 is 20.2 Å². The Kier molecular flexibility index (Phi) is 2.71. The second-order valence-corrected chi connectivity index (χ2v) is 5.50. The van der Waals surface area contributed by atoms with E-state index in [1.54, 1.807) is 6.07 Å². The first-order valence-corrected chi connectivity index (χ1v) is 7.07. The third-order valence-electron chi connectivity index (χ3n) is 3.68. The van der Waals surface area contributed by atoms with Crippen molar-refractivity contribution in [1.82, 2.24) is 15.0 Å². The van der Waals surface area contributed by atoms with Gasteiger partial charge >= 0.3 is 0 Å². The average Bonchev–Trinajstić information content (AvgIpc) is 3.17. The second kappa shape index (κ2) is 4.61. The molecule has 0 saturated carbocycles. The van der Waals surface area contributed by atoms with Gasteiger partial charge in [0.05, 0.1) is 11.4 Å². The van der Waals surface area contributed by atoms with E-state index in [1.165, 1.54) is 6.07 Å². The lowest BCUT2D eigenvalue weighted by atomic mass is 10.0. The largest absolute Gasteiger partial charge is 0.494 e. The van der Waals surface area contributed by atoms with Crippen LogP contribution in [0.25, 0.3) is 33.4 Å². The summed E-state index contributed by atoms with van der Waals surface area (Å²) >= 11 is 6.12. The van der Waals surface area contributed by atoms with Gasteiger partial charge in [-0.05, 0) is 30.3 Å². The minimum Gasteiger partial charge on any atom is -0.494 e. The fourth-order valence-electron chi connectivity index (χ4n) is 2.75. The molecule has 0 spiro atoms. The number of nitrogens with one attached hydrogen (secondary N) is 3. The van der Waals surface area contributed by atoms with Crippen molar-refractivity contribution >= 4 is 22.5 Å². The Balaban J connectivity index is 2.11. The van der Waals surface area contributed by atoms with E-state index >= 15 is 0 Å². The van der Waals surface area contributed by atoms with Gasteiger partial charge in [-0.2, -0.15) is 0 Å². The molecule has 22 heavy (non-hydrogen) atoms. The number of hydrogen-bond donors (Lipinski definition) is 5. The maximum Gasteiger partial charge on any atom is 0.199 e. The highest BCUT2D eigenvalue weighted by atomic mass is 35.5. The molecule has 5 N–H and O–H groups in total. The molecule has 0 saturated heterocycles. The van der Waals surface area contributed by atoms with E-state index in [-0.39, 0.29) is 11.8 Å². The molecule has 0 radical (unpaired) electrons. The van der Waals surface area contributed by atoms with E-state index in [0.717, 1.165) is 27.9 Å². The molecule has 110 valence electrons. The third-order valence-corrected chi connectivity index (χ3v) is 3.91. The summed E-state index contributed by atoms with van der Waals surface area (Å²) in [5, 5.41) is 21.2. The predicted octanol–water partition coefficient (Wildman–Crippen LogP) is 4.22. The predicted molar refractivity (Wildman–Crippen MR) is 86.2 cm³/mol. The molecule has 4 rings (SSSR count). The summed E-state index contributed by atoms with van der Waals surface area (Å²) in [6.45, 7) is 0. The first kappa shape index (κ1) is 12.9. The van der Waals surface area contributed by atoms with Gasteiger partial charge in [0.25, 0.3) is 0 Å². The van der Waals surface area contributed by atoms with Crippen LogP contribution in [0.2, 0.25) is 5.02 Å². The van der Waals surface area contributed by atoms with Gasteiger partial charge in [0, 0.05) is 39.3 Å². The van der Waals surface area contributed by atoms with Crippen LogP contribution >= 0.6 is 11.6 Å². The fraction of sp³-hybridized carbons (Fsp3) is 0. The molecule has 0 atom stereocenters. The highest BCUT2D eigenvalue weighted by molar-refractivity contribution is 6.31. The van der Waals surface area contributed by atoms with Crippen LogP contribution in [0.1, 0.15) is 0 Å². The van der Waals surface area contributed by atoms with Gasteiger partial charge in [-0.1, -0.05) is 11.6 Å². The molecule has 0 aliphatic rings. The molecule has 3 aromatic heterocycles. The maximum atomic E-state index is 10.1. The van der Waals surface area contributed by atoms with Gasteiger partial charge in [-0.3, -0.25) is 4.98 Å². The van der Waals surface area contributed by atoms with E-state index in [0.29, 0.717) is 10.6 Å². The molecule has 5 nitrogen and oxygen atoms in total. The summed E-state index contributed by atoms with van der Waals surface area (Å²) in [7, 11) is 0. The van der Waals surface area contributed by atoms with E-state index < -0.39 is 0 Å². The van der Waals surface area contributed by atoms with E-state index in [4.69, 9.17) is 11.6 Å². The molecular weight excluding hydrogens is 302 g/mol. The van der Waals surface area contributed by atoms with Gasteiger partial charge in [-0.15, -0.1) is 0 Å². The highest BCUT2D eigenvalue weighted by Crippen LogP contribution is 2.43. The standard InChI is InChI=1S/C16H12ClN3O2/c17-8-3-4-11-9(6-8)14(10-7-13(21)20-16(10)22)15(19-11)12-2-1-5-18-12/h1-7,18-22H. The number of rotatable bonds is 2. The molecular formula is C16H12ClN3O2. The smallest absolute Gasteiger partial charge is 0.199 e. The number of hydrogen-bond acceptors (Lipinski definition) is 2. The first-order valence-electron chi connectivity index (χ1n) is 6.70. The van der Waals surface area contributed by atoms with E-state index in [1.807, 2.05) is 30.5 Å². The lowest BCUT2D eigenvalue weighted by molar-refractivity contribution is 0.426. The normalized spacial score (nSPS) is 11.3. The summed E-state index contributed by atoms with van der Waals surface area (Å²) < 4.78 is 0. The lowest BCUT2D eigenvalue weighted by Crippen LogP contribution is -1.81. The lowest BCUT2D eigenvalue weighted by Gasteiger charge is -2.02. The first-order chi connectivity index (χ1) is 10.6. The molecule has 4 aromatic rings. The molecule has 0 unspecified atom stereocenters. The number of aromatic amines is 3. The number of aromatic hydroxyl groups is 2. The topological polar surface area (TPSA) is 87.8 Å². The Morgan fingerprint density at radius 1 is 1.00 bits per heavy atom. The summed E-state index contributed by atoms with van der Waals surface area (Å²) in [5.41, 5.74) is 3.87. The SMILES string of the molecule is Oc1cc(-c2c(-c3ccc[nH]3)[nH]c3ccc(Cl)cc23)c(O)[nH]1. The Hall–Kier alpha value is -2.79. The van der Waals surface area contributed by atoms with Crippen molar-refractivity contribution < 1.29 is 10.2 Å². The molecule has 0 aliphatic heterocycles. The minimum absolute atomic E-state index is 0.0915. The molecule has 0 aliphatic carbocycles. The summed E-state index contributed by atoms with van der Waals surface area (Å²) in [5.74, 6) is -0.188. The summed E-state index contributed by atoms with van der Waals surface area (Å²) in [4.78, 5) is 8.98. The van der Waals surface area contributed by atoms with Crippen LogP contribution in [-0.4, -0.2) is 25.2 Å². The summed E-state index contributed by atoms with van der Waals surface area (Å²) in [6.07, 6.45) is 1.83. The number of H-pyrrole nitrogens is 3. The number of aromatic nitrogens is 3. The molecule has 1 aromatic carbocycles. The number of benzene rings is 1. The van der Waals surface area contributed by atoms with Gasteiger partial charge in [0.15, 0.2) is 11.8 Å². The van der Waals surface area contributed by atoms with Crippen molar-refractivity contribution in [2.45, 2.75) is 0 Å². The maximum absolute atomic E-state index is 10.1. The Morgan fingerprint density at radius 2 is 1.86 bits per heavy atom. The van der Waals surface area contributed by atoms with Crippen molar-refractivity contribution in [2.75, 3.05) is 0 Å². The highest BCUT2D eigenvalue weighted by Gasteiger charge is 2.20. The Labute approximate surface area is 130 Å². The van der Waals surface area contributed by atoms with Gasteiger partial charge in [0.2, 0.25) is 0 Å².